The van der Waals surface area contributed by atoms with Gasteiger partial charge in [0.15, 0.2) is 0 Å². The Labute approximate surface area is 273 Å². The first kappa shape index (κ1) is 76.6. The van der Waals surface area contributed by atoms with Gasteiger partial charge in [-0.05, 0) is 0 Å². The minimum Gasteiger partial charge on any atom is -1.00 e. The van der Waals surface area contributed by atoms with Crippen LogP contribution in [0.3, 0.4) is 0 Å². The molecule has 2 radical (unpaired) electrons. The smallest absolute Gasteiger partial charge is 1.00 e. The molecule has 0 heterocycles. The Balaban J connectivity index is 0. The van der Waals surface area contributed by atoms with Crippen molar-refractivity contribution >= 4 is 26.2 Å². The largest absolute Gasteiger partial charge is 3.00 e. The quantitative estimate of drug-likeness (QED) is 0.168. The summed E-state index contributed by atoms with van der Waals surface area (Å²) >= 11 is 0. The van der Waals surface area contributed by atoms with E-state index < -0.39 is 0 Å². The van der Waals surface area contributed by atoms with Crippen LogP contribution in [0.2, 0.25) is 0 Å². The summed E-state index contributed by atoms with van der Waals surface area (Å²) in [7, 11) is 0. The van der Waals surface area contributed by atoms with Gasteiger partial charge < -0.3 is 168 Å². The van der Waals surface area contributed by atoms with Gasteiger partial charge in [-0.2, -0.15) is 0 Å². The Kier molecular flexibility index (Phi) is 495. The van der Waals surface area contributed by atoms with Crippen molar-refractivity contribution in [2.24, 2.45) is 0 Å². The van der Waals surface area contributed by atoms with E-state index in [9.17, 15) is 0 Å². The van der Waals surface area contributed by atoms with Crippen molar-refractivity contribution in [2.75, 3.05) is 0 Å². The van der Waals surface area contributed by atoms with E-state index in [4.69, 9.17) is 0 Å². The van der Waals surface area contributed by atoms with Crippen molar-refractivity contribution in [1.29, 1.82) is 0 Å². The van der Waals surface area contributed by atoms with Crippen molar-refractivity contribution in [3.05, 3.63) is 0 Å². The molecule has 0 aromatic heterocycles. The minimum atomic E-state index is 0. The zero-order valence-corrected chi connectivity index (χ0v) is 27.7. The Morgan fingerprint density at radius 3 is 0.400 bits per heavy atom. The molecule has 0 fully saturated rings. The van der Waals surface area contributed by atoms with Crippen LogP contribution in [0, 0.1) is 36.9 Å². The fourth-order valence-corrected chi connectivity index (χ4v) is 0. The molecule has 0 spiro atoms. The van der Waals surface area contributed by atoms with Crippen molar-refractivity contribution in [3.8, 4) is 0 Å². The third-order valence-electron chi connectivity index (χ3n) is 0. The van der Waals surface area contributed by atoms with Crippen LogP contribution >= 0.6 is 0 Å². The molecule has 0 aromatic carbocycles. The SMILES string of the molecule is [Bi+3].[I-].[I-].[I-].[I-].[I-].[I-].[I-].[K+].[Lu+3]. The maximum absolute atomic E-state index is 0. The zero-order valence-electron chi connectivity index (χ0n) is 4.35. The van der Waals surface area contributed by atoms with Gasteiger partial charge in [-0.3, -0.25) is 0 Å². The zero-order chi connectivity index (χ0) is 0. The molecule has 0 atom stereocenters. The van der Waals surface area contributed by atoms with Crippen molar-refractivity contribution in [3.63, 3.8) is 0 Å². The molecular formula is BiI7KLu. The molecule has 0 aliphatic carbocycles. The molecule has 70 valence electrons. The van der Waals surface area contributed by atoms with Crippen LogP contribution in [-0.4, -0.2) is 26.2 Å². The average molecular weight is 1310 g/mol. The van der Waals surface area contributed by atoms with Gasteiger partial charge in [0, 0.05) is 0 Å². The number of hydrogen-bond donors (Lipinski definition) is 0. The monoisotopic (exact) mass is 1310 g/mol. The van der Waals surface area contributed by atoms with E-state index in [1.54, 1.807) is 0 Å². The Morgan fingerprint density at radius 1 is 0.400 bits per heavy atom. The fraction of sp³-hybridized carbons (Fsp3) is 0. The van der Waals surface area contributed by atoms with Crippen LogP contribution in [-0.2, 0) is 0 Å². The predicted octanol–water partition coefficient (Wildman–Crippen LogP) is -24.3. The molecule has 0 aromatic rings. The Hall–Kier alpha value is 8.86. The third kappa shape index (κ3) is 54.0. The number of halogens is 7. The molecule has 0 saturated carbocycles. The summed E-state index contributed by atoms with van der Waals surface area (Å²) in [6, 6.07) is 0. The van der Waals surface area contributed by atoms with E-state index in [1.165, 1.54) is 0 Å². The maximum Gasteiger partial charge on any atom is 3.00 e. The van der Waals surface area contributed by atoms with Crippen LogP contribution in [0.25, 0.3) is 0 Å². The average Bonchev–Trinajstić information content (AvgIpc) is 0. The molecule has 0 amide bonds. The second-order valence-corrected chi connectivity index (χ2v) is 0. The molecule has 0 aliphatic heterocycles. The second kappa shape index (κ2) is 64.7. The first-order valence-corrected chi connectivity index (χ1v) is 0. The van der Waals surface area contributed by atoms with Crippen LogP contribution in [0.4, 0.5) is 0 Å². The third-order valence-corrected chi connectivity index (χ3v) is 0. The maximum atomic E-state index is 0. The van der Waals surface area contributed by atoms with Gasteiger partial charge in [0.05, 0.1) is 0 Å². The summed E-state index contributed by atoms with van der Waals surface area (Å²) in [5.74, 6) is 0. The van der Waals surface area contributed by atoms with Crippen LogP contribution < -0.4 is 219 Å². The fourth-order valence-electron chi connectivity index (χ4n) is 0. The van der Waals surface area contributed by atoms with Crippen molar-refractivity contribution < 1.29 is 256 Å². The summed E-state index contributed by atoms with van der Waals surface area (Å²) in [5.41, 5.74) is 0. The topological polar surface area (TPSA) is 0 Å². The normalized spacial score (nSPS) is 0. The van der Waals surface area contributed by atoms with E-state index in [0.29, 0.717) is 0 Å². The van der Waals surface area contributed by atoms with Crippen molar-refractivity contribution in [1.82, 2.24) is 0 Å². The van der Waals surface area contributed by atoms with E-state index in [0.717, 1.165) is 0 Å². The molecule has 0 saturated heterocycles. The number of rotatable bonds is 0. The molecule has 0 unspecified atom stereocenters. The first-order chi connectivity index (χ1) is 0. The van der Waals surface area contributed by atoms with Crippen LogP contribution in [0.1, 0.15) is 0 Å². The standard InChI is InChI=1S/Bi.7HI.K.Lu/h;7*1H;;/q+3;;;;;;;;+1;+3/p-7. The van der Waals surface area contributed by atoms with E-state index >= 15 is 0 Å². The molecule has 0 bridgehead atoms. The van der Waals surface area contributed by atoms with Gasteiger partial charge in [0.25, 0.3) is 0 Å². The van der Waals surface area contributed by atoms with Gasteiger partial charge in [-0.1, -0.05) is 0 Å². The summed E-state index contributed by atoms with van der Waals surface area (Å²) in [4.78, 5) is 0. The van der Waals surface area contributed by atoms with E-state index in [1.807, 2.05) is 0 Å². The molecule has 0 rings (SSSR count). The summed E-state index contributed by atoms with van der Waals surface area (Å²) in [5, 5.41) is 0. The summed E-state index contributed by atoms with van der Waals surface area (Å²) in [6.45, 7) is 0. The molecule has 0 N–H and O–H groups in total. The number of hydrogen-bond acceptors (Lipinski definition) is 0. The molecule has 10 heavy (non-hydrogen) atoms. The van der Waals surface area contributed by atoms with Crippen LogP contribution in [0.15, 0.2) is 0 Å². The van der Waals surface area contributed by atoms with Gasteiger partial charge in [-0.25, -0.2) is 0 Å². The van der Waals surface area contributed by atoms with Gasteiger partial charge >= 0.3 is 114 Å². The first-order valence-electron chi connectivity index (χ1n) is 0. The van der Waals surface area contributed by atoms with Crippen molar-refractivity contribution in [2.45, 2.75) is 0 Å². The molecular weight excluding hydrogens is 1310 g/mol. The van der Waals surface area contributed by atoms with Gasteiger partial charge in [0.1, 0.15) is 0 Å². The second-order valence-electron chi connectivity index (χ2n) is 0. The van der Waals surface area contributed by atoms with Gasteiger partial charge in [0.2, 0.25) is 0 Å². The predicted molar refractivity (Wildman–Crippen MR) is 5.75 cm³/mol. The minimum absolute atomic E-state index is 0. The molecule has 10 heteroatoms. The van der Waals surface area contributed by atoms with Crippen LogP contribution in [0.5, 0.6) is 0 Å². The molecule has 0 aliphatic rings. The van der Waals surface area contributed by atoms with E-state index in [2.05, 4.69) is 0 Å². The van der Waals surface area contributed by atoms with Gasteiger partial charge in [-0.15, -0.1) is 0 Å². The Bertz CT molecular complexity index is 13.6. The Morgan fingerprint density at radius 2 is 0.400 bits per heavy atom. The summed E-state index contributed by atoms with van der Waals surface area (Å²) in [6.07, 6.45) is 0. The molecule has 0 nitrogen and oxygen atoms in total. The summed E-state index contributed by atoms with van der Waals surface area (Å²) < 4.78 is 0. The van der Waals surface area contributed by atoms with E-state index in [-0.39, 0.29) is 282 Å².